The van der Waals surface area contributed by atoms with E-state index in [0.29, 0.717) is 19.3 Å². The van der Waals surface area contributed by atoms with Crippen LogP contribution in [0.3, 0.4) is 0 Å². The summed E-state index contributed by atoms with van der Waals surface area (Å²) in [6.45, 7) is 1.91. The first-order valence-electron chi connectivity index (χ1n) is 6.66. The van der Waals surface area contributed by atoms with Crippen molar-refractivity contribution in [3.8, 4) is 11.4 Å². The van der Waals surface area contributed by atoms with Crippen molar-refractivity contribution in [3.63, 3.8) is 0 Å². The fourth-order valence-corrected chi connectivity index (χ4v) is 2.84. The van der Waals surface area contributed by atoms with Crippen LogP contribution in [0, 0.1) is 12.8 Å². The molecule has 1 aromatic heterocycles. The summed E-state index contributed by atoms with van der Waals surface area (Å²) in [7, 11) is 0. The van der Waals surface area contributed by atoms with Gasteiger partial charge in [0.25, 0.3) is 0 Å². The number of hydrogen-bond donors (Lipinski definition) is 2. The number of aromatic hydroxyl groups is 1. The molecular weight excluding hydrogens is 256 g/mol. The van der Waals surface area contributed by atoms with Crippen molar-refractivity contribution in [2.24, 2.45) is 5.92 Å². The molecule has 0 bridgehead atoms. The largest absolute Gasteiger partial charge is 0.508 e. The molecule has 0 spiro atoms. The van der Waals surface area contributed by atoms with Gasteiger partial charge in [-0.2, -0.15) is 5.10 Å². The lowest BCUT2D eigenvalue weighted by Gasteiger charge is -2.20. The van der Waals surface area contributed by atoms with Crippen molar-refractivity contribution >= 4 is 5.97 Å². The number of aryl methyl sites for hydroxylation is 1. The number of benzene rings is 1. The topological polar surface area (TPSA) is 75.3 Å². The highest BCUT2D eigenvalue weighted by atomic mass is 16.4. The van der Waals surface area contributed by atoms with Gasteiger partial charge in [-0.05, 0) is 43.9 Å². The maximum absolute atomic E-state index is 11.1. The van der Waals surface area contributed by atoms with Crippen LogP contribution in [0.15, 0.2) is 24.3 Å². The zero-order valence-electron chi connectivity index (χ0n) is 11.2. The number of carboxylic acids is 1. The summed E-state index contributed by atoms with van der Waals surface area (Å²) in [4.78, 5) is 11.1. The predicted octanol–water partition coefficient (Wildman–Crippen LogP) is 2.08. The summed E-state index contributed by atoms with van der Waals surface area (Å²) in [6, 6.07) is 6.94. The number of carboxylic acid groups (broad SMARTS) is 1. The van der Waals surface area contributed by atoms with Gasteiger partial charge in [0.05, 0.1) is 17.3 Å². The second-order valence-corrected chi connectivity index (χ2v) is 5.22. The Labute approximate surface area is 116 Å². The lowest BCUT2D eigenvalue weighted by atomic mass is 9.86. The van der Waals surface area contributed by atoms with Gasteiger partial charge >= 0.3 is 5.97 Å². The van der Waals surface area contributed by atoms with Crippen molar-refractivity contribution in [3.05, 3.63) is 41.2 Å². The average Bonchev–Trinajstić information content (AvgIpc) is 2.76. The Morgan fingerprint density at radius 3 is 2.95 bits per heavy atom. The molecule has 104 valence electrons. The number of aliphatic carboxylic acids is 1. The fraction of sp³-hybridized carbons (Fsp3) is 0.333. The Morgan fingerprint density at radius 1 is 1.45 bits per heavy atom. The van der Waals surface area contributed by atoms with Crippen LogP contribution >= 0.6 is 0 Å². The van der Waals surface area contributed by atoms with Crippen molar-refractivity contribution in [2.75, 3.05) is 0 Å². The molecule has 1 atom stereocenters. The lowest BCUT2D eigenvalue weighted by molar-refractivity contribution is -0.142. The normalized spacial score (nSPS) is 17.8. The zero-order valence-corrected chi connectivity index (χ0v) is 11.2. The van der Waals surface area contributed by atoms with E-state index in [-0.39, 0.29) is 11.7 Å². The molecule has 1 aliphatic carbocycles. The van der Waals surface area contributed by atoms with Gasteiger partial charge in [-0.3, -0.25) is 4.79 Å². The van der Waals surface area contributed by atoms with E-state index >= 15 is 0 Å². The van der Waals surface area contributed by atoms with Gasteiger partial charge in [0.1, 0.15) is 5.75 Å². The fourth-order valence-electron chi connectivity index (χ4n) is 2.84. The number of phenolic OH excluding ortho intramolecular Hbond substituents is 1. The molecule has 0 aliphatic heterocycles. The van der Waals surface area contributed by atoms with Crippen LogP contribution in [0.25, 0.3) is 5.69 Å². The summed E-state index contributed by atoms with van der Waals surface area (Å²) in [6.07, 6.45) is 1.87. The van der Waals surface area contributed by atoms with E-state index in [9.17, 15) is 9.90 Å². The Balaban J connectivity index is 2.04. The number of hydrogen-bond acceptors (Lipinski definition) is 3. The first kappa shape index (κ1) is 12.7. The van der Waals surface area contributed by atoms with E-state index in [1.807, 2.05) is 17.7 Å². The third-order valence-electron chi connectivity index (χ3n) is 3.89. The van der Waals surface area contributed by atoms with Gasteiger partial charge in [0.2, 0.25) is 0 Å². The highest BCUT2D eigenvalue weighted by Crippen LogP contribution is 2.30. The van der Waals surface area contributed by atoms with E-state index in [0.717, 1.165) is 22.6 Å². The van der Waals surface area contributed by atoms with E-state index in [1.54, 1.807) is 18.2 Å². The minimum atomic E-state index is -0.736. The first-order chi connectivity index (χ1) is 9.56. The van der Waals surface area contributed by atoms with Crippen molar-refractivity contribution in [2.45, 2.75) is 26.2 Å². The van der Waals surface area contributed by atoms with E-state index < -0.39 is 5.97 Å². The van der Waals surface area contributed by atoms with E-state index in [1.165, 1.54) is 0 Å². The molecule has 2 N–H and O–H groups in total. The summed E-state index contributed by atoms with van der Waals surface area (Å²) in [5.74, 6) is -0.855. The van der Waals surface area contributed by atoms with Gasteiger partial charge in [-0.1, -0.05) is 6.07 Å². The van der Waals surface area contributed by atoms with E-state index in [2.05, 4.69) is 5.10 Å². The minimum Gasteiger partial charge on any atom is -0.508 e. The molecule has 0 amide bonds. The number of phenols is 1. The zero-order chi connectivity index (χ0) is 14.3. The van der Waals surface area contributed by atoms with Gasteiger partial charge < -0.3 is 10.2 Å². The molecular formula is C15H16N2O3. The smallest absolute Gasteiger partial charge is 0.306 e. The minimum absolute atomic E-state index is 0.198. The van der Waals surface area contributed by atoms with Crippen LogP contribution in [0.2, 0.25) is 0 Å². The van der Waals surface area contributed by atoms with Gasteiger partial charge in [0.15, 0.2) is 0 Å². The van der Waals surface area contributed by atoms with Crippen molar-refractivity contribution in [1.82, 2.24) is 9.78 Å². The lowest BCUT2D eigenvalue weighted by Crippen LogP contribution is -2.23. The molecule has 0 fully saturated rings. The monoisotopic (exact) mass is 272 g/mol. The molecule has 1 aromatic carbocycles. The second-order valence-electron chi connectivity index (χ2n) is 5.22. The average molecular weight is 272 g/mol. The molecule has 2 aromatic rings. The molecule has 1 heterocycles. The van der Waals surface area contributed by atoms with Gasteiger partial charge in [0, 0.05) is 11.8 Å². The Bertz CT molecular complexity index is 676. The molecule has 5 nitrogen and oxygen atoms in total. The molecule has 3 rings (SSSR count). The maximum Gasteiger partial charge on any atom is 0.306 e. The number of aromatic nitrogens is 2. The molecule has 0 radical (unpaired) electrons. The van der Waals surface area contributed by atoms with Crippen LogP contribution in [0.5, 0.6) is 5.75 Å². The van der Waals surface area contributed by atoms with Crippen LogP contribution in [0.1, 0.15) is 23.4 Å². The Morgan fingerprint density at radius 2 is 2.25 bits per heavy atom. The summed E-state index contributed by atoms with van der Waals surface area (Å²) in [5, 5.41) is 23.2. The standard InChI is InChI=1S/C15H16N2O3/c1-9-13-7-10(15(19)20)5-6-14(13)17(16-9)11-3-2-4-12(18)8-11/h2-4,8,10,18H,5-7H2,1H3,(H,19,20). The second kappa shape index (κ2) is 4.67. The third-order valence-corrected chi connectivity index (χ3v) is 3.89. The Kier molecular flexibility index (Phi) is 2.97. The molecule has 1 unspecified atom stereocenters. The number of rotatable bonds is 2. The number of nitrogens with zero attached hydrogens (tertiary/aromatic N) is 2. The molecule has 1 aliphatic rings. The number of fused-ring (bicyclic) bond motifs is 1. The molecule has 5 heteroatoms. The number of carbonyl (C=O) groups is 1. The van der Waals surface area contributed by atoms with Crippen LogP contribution in [-0.2, 0) is 17.6 Å². The highest BCUT2D eigenvalue weighted by Gasteiger charge is 2.29. The maximum atomic E-state index is 11.1. The quantitative estimate of drug-likeness (QED) is 0.877. The third kappa shape index (κ3) is 2.05. The van der Waals surface area contributed by atoms with Crippen LogP contribution in [0.4, 0.5) is 0 Å². The molecule has 0 saturated carbocycles. The van der Waals surface area contributed by atoms with Crippen molar-refractivity contribution < 1.29 is 15.0 Å². The first-order valence-corrected chi connectivity index (χ1v) is 6.66. The van der Waals surface area contributed by atoms with E-state index in [4.69, 9.17) is 5.11 Å². The summed E-state index contributed by atoms with van der Waals surface area (Å²) >= 11 is 0. The summed E-state index contributed by atoms with van der Waals surface area (Å²) < 4.78 is 1.82. The predicted molar refractivity (Wildman–Crippen MR) is 73.1 cm³/mol. The van der Waals surface area contributed by atoms with Crippen molar-refractivity contribution in [1.29, 1.82) is 0 Å². The highest BCUT2D eigenvalue weighted by molar-refractivity contribution is 5.71. The van der Waals surface area contributed by atoms with Gasteiger partial charge in [-0.25, -0.2) is 4.68 Å². The molecule has 0 saturated heterocycles. The SMILES string of the molecule is Cc1nn(-c2cccc(O)c2)c2c1CC(C(=O)O)CC2. The summed E-state index contributed by atoms with van der Waals surface area (Å²) in [5.41, 5.74) is 3.77. The molecule has 20 heavy (non-hydrogen) atoms. The van der Waals surface area contributed by atoms with Crippen LogP contribution < -0.4 is 0 Å². The van der Waals surface area contributed by atoms with Crippen LogP contribution in [-0.4, -0.2) is 26.0 Å². The Hall–Kier alpha value is -2.30. The van der Waals surface area contributed by atoms with Gasteiger partial charge in [-0.15, -0.1) is 0 Å².